The quantitative estimate of drug-likeness (QED) is 0.637. The molecule has 1 heterocycles. The van der Waals surface area contributed by atoms with Crippen LogP contribution < -0.4 is 4.90 Å². The van der Waals surface area contributed by atoms with Crippen LogP contribution in [0.3, 0.4) is 0 Å². The maximum Gasteiger partial charge on any atom is 0.259 e. The van der Waals surface area contributed by atoms with Crippen molar-refractivity contribution in [2.45, 2.75) is 6.92 Å². The summed E-state index contributed by atoms with van der Waals surface area (Å²) in [7, 11) is 0. The Hall–Kier alpha value is -2.68. The van der Waals surface area contributed by atoms with Crippen molar-refractivity contribution in [2.24, 2.45) is 0 Å². The molecule has 0 saturated carbocycles. The van der Waals surface area contributed by atoms with Crippen LogP contribution in [-0.2, 0) is 4.79 Å². The molecule has 0 unspecified atom stereocenters. The number of amides is 1. The van der Waals surface area contributed by atoms with Crippen LogP contribution >= 0.6 is 0 Å². The zero-order valence-electron chi connectivity index (χ0n) is 11.7. The molecule has 1 aliphatic heterocycles. The van der Waals surface area contributed by atoms with E-state index in [4.69, 9.17) is 0 Å². The Morgan fingerprint density at radius 2 is 1.71 bits per heavy atom. The molecule has 0 radical (unpaired) electrons. The molecule has 0 saturated heterocycles. The van der Waals surface area contributed by atoms with Crippen LogP contribution in [0.25, 0.3) is 5.57 Å². The number of benzene rings is 2. The highest BCUT2D eigenvalue weighted by Crippen LogP contribution is 2.36. The summed E-state index contributed by atoms with van der Waals surface area (Å²) in [5, 5.41) is 0. The molecule has 2 aromatic rings. The zero-order valence-corrected chi connectivity index (χ0v) is 11.7. The molecule has 3 heteroatoms. The molecule has 21 heavy (non-hydrogen) atoms. The zero-order chi connectivity index (χ0) is 14.8. The molecule has 104 valence electrons. The van der Waals surface area contributed by atoms with Crippen LogP contribution in [0.1, 0.15) is 22.8 Å². The molecule has 0 aromatic heterocycles. The van der Waals surface area contributed by atoms with Crippen molar-refractivity contribution in [3.05, 3.63) is 71.8 Å². The fourth-order valence-corrected chi connectivity index (χ4v) is 2.58. The maximum atomic E-state index is 12.5. The number of ketones is 1. The van der Waals surface area contributed by atoms with Gasteiger partial charge in [-0.15, -0.1) is 0 Å². The van der Waals surface area contributed by atoms with E-state index >= 15 is 0 Å². The average Bonchev–Trinajstić information content (AvgIpc) is 2.80. The van der Waals surface area contributed by atoms with Gasteiger partial charge in [0.2, 0.25) is 0 Å². The lowest BCUT2D eigenvalue weighted by molar-refractivity contribution is -0.113. The van der Waals surface area contributed by atoms with Gasteiger partial charge >= 0.3 is 0 Å². The summed E-state index contributed by atoms with van der Waals surface area (Å²) in [6.07, 6.45) is 1.45. The van der Waals surface area contributed by atoms with E-state index in [1.165, 1.54) is 6.08 Å². The summed E-state index contributed by atoms with van der Waals surface area (Å²) >= 11 is 0. The number of carbonyl (C=O) groups excluding carboxylic acids is 2. The van der Waals surface area contributed by atoms with Crippen LogP contribution in [0, 0.1) is 0 Å². The minimum Gasteiger partial charge on any atom is -0.308 e. The maximum absolute atomic E-state index is 12.5. The van der Waals surface area contributed by atoms with Crippen molar-refractivity contribution in [3.8, 4) is 0 Å². The normalized spacial score (nSPS) is 15.4. The highest BCUT2D eigenvalue weighted by Gasteiger charge is 2.31. The van der Waals surface area contributed by atoms with Crippen LogP contribution in [0.2, 0.25) is 0 Å². The minimum absolute atomic E-state index is 0.108. The number of allylic oxidation sites excluding steroid dienone is 1. The number of hydrogen-bond acceptors (Lipinski definition) is 2. The molecular weight excluding hydrogens is 262 g/mol. The number of nitrogens with zero attached hydrogens (tertiary/aromatic N) is 1. The van der Waals surface area contributed by atoms with Crippen LogP contribution in [0.4, 0.5) is 5.69 Å². The lowest BCUT2D eigenvalue weighted by Crippen LogP contribution is -2.25. The summed E-state index contributed by atoms with van der Waals surface area (Å²) < 4.78 is 0. The number of hydrogen-bond donors (Lipinski definition) is 0. The second-order valence-corrected chi connectivity index (χ2v) is 4.85. The molecule has 0 aliphatic carbocycles. The predicted octanol–water partition coefficient (Wildman–Crippen LogP) is 3.32. The molecule has 1 amide bonds. The van der Waals surface area contributed by atoms with E-state index in [0.717, 1.165) is 11.3 Å². The fraction of sp³-hybridized carbons (Fsp3) is 0.111. The minimum atomic E-state index is -0.147. The van der Waals surface area contributed by atoms with E-state index < -0.39 is 0 Å². The topological polar surface area (TPSA) is 37.4 Å². The van der Waals surface area contributed by atoms with Gasteiger partial charge in [-0.3, -0.25) is 9.59 Å². The third kappa shape index (κ3) is 2.27. The molecule has 0 atom stereocenters. The van der Waals surface area contributed by atoms with Gasteiger partial charge in [-0.05, 0) is 19.1 Å². The van der Waals surface area contributed by atoms with Gasteiger partial charge in [-0.2, -0.15) is 0 Å². The molecule has 3 rings (SSSR count). The lowest BCUT2D eigenvalue weighted by atomic mass is 10.0. The molecule has 3 nitrogen and oxygen atoms in total. The Labute approximate surface area is 123 Å². The number of anilines is 1. The van der Waals surface area contributed by atoms with E-state index in [0.29, 0.717) is 17.7 Å². The van der Waals surface area contributed by atoms with Crippen molar-refractivity contribution < 1.29 is 9.59 Å². The van der Waals surface area contributed by atoms with Crippen molar-refractivity contribution in [3.63, 3.8) is 0 Å². The summed E-state index contributed by atoms with van der Waals surface area (Å²) in [4.78, 5) is 26.5. The van der Waals surface area contributed by atoms with Crippen LogP contribution in [0.15, 0.2) is 60.7 Å². The van der Waals surface area contributed by atoms with Crippen molar-refractivity contribution >= 4 is 23.0 Å². The summed E-state index contributed by atoms with van der Waals surface area (Å²) in [6, 6.07) is 16.6. The van der Waals surface area contributed by atoms with E-state index in [2.05, 4.69) is 0 Å². The first-order chi connectivity index (χ1) is 10.2. The number of rotatable bonds is 3. The Bertz CT molecular complexity index is 732. The smallest absolute Gasteiger partial charge is 0.259 e. The fourth-order valence-electron chi connectivity index (χ4n) is 2.58. The monoisotopic (exact) mass is 277 g/mol. The van der Waals surface area contributed by atoms with Gasteiger partial charge in [0, 0.05) is 17.7 Å². The SMILES string of the molecule is CCN1C(=O)/C(=C\C(=O)c2ccccc2)c2ccccc21. The number of para-hydroxylation sites is 1. The Balaban J connectivity index is 2.05. The molecule has 0 N–H and O–H groups in total. The number of carbonyl (C=O) groups is 2. The van der Waals surface area contributed by atoms with E-state index in [9.17, 15) is 9.59 Å². The second kappa shape index (κ2) is 5.37. The third-order valence-electron chi connectivity index (χ3n) is 3.61. The highest BCUT2D eigenvalue weighted by molar-refractivity contribution is 6.35. The van der Waals surface area contributed by atoms with Crippen molar-refractivity contribution in [2.75, 3.05) is 11.4 Å². The first-order valence-corrected chi connectivity index (χ1v) is 6.94. The third-order valence-corrected chi connectivity index (χ3v) is 3.61. The standard InChI is InChI=1S/C18H15NO2/c1-2-19-16-11-7-6-10-14(16)15(18(19)21)12-17(20)13-8-4-3-5-9-13/h3-12H,2H2,1H3/b15-12-. The lowest BCUT2D eigenvalue weighted by Gasteiger charge is -2.13. The van der Waals surface area contributed by atoms with E-state index in [1.54, 1.807) is 17.0 Å². The molecule has 2 aromatic carbocycles. The van der Waals surface area contributed by atoms with E-state index in [1.807, 2.05) is 49.4 Å². The van der Waals surface area contributed by atoms with Gasteiger partial charge in [0.1, 0.15) is 0 Å². The number of likely N-dealkylation sites (N-methyl/N-ethyl adjacent to an activating group) is 1. The Morgan fingerprint density at radius 3 is 2.43 bits per heavy atom. The van der Waals surface area contributed by atoms with Crippen molar-refractivity contribution in [1.82, 2.24) is 0 Å². The predicted molar refractivity (Wildman–Crippen MR) is 83.2 cm³/mol. The van der Waals surface area contributed by atoms with Gasteiger partial charge in [0.05, 0.1) is 11.3 Å². The number of fused-ring (bicyclic) bond motifs is 1. The summed E-state index contributed by atoms with van der Waals surface area (Å²) in [5.74, 6) is -0.255. The summed E-state index contributed by atoms with van der Waals surface area (Å²) in [5.41, 5.74) is 2.76. The highest BCUT2D eigenvalue weighted by atomic mass is 16.2. The largest absolute Gasteiger partial charge is 0.308 e. The molecule has 0 spiro atoms. The van der Waals surface area contributed by atoms with Gasteiger partial charge in [-0.25, -0.2) is 0 Å². The van der Waals surface area contributed by atoms with Crippen molar-refractivity contribution in [1.29, 1.82) is 0 Å². The Morgan fingerprint density at radius 1 is 1.05 bits per heavy atom. The Kier molecular flexibility index (Phi) is 3.40. The van der Waals surface area contributed by atoms with Crippen LogP contribution in [-0.4, -0.2) is 18.2 Å². The first-order valence-electron chi connectivity index (χ1n) is 6.94. The van der Waals surface area contributed by atoms with Gasteiger partial charge in [0.15, 0.2) is 5.78 Å². The van der Waals surface area contributed by atoms with Gasteiger partial charge < -0.3 is 4.90 Å². The molecule has 1 aliphatic rings. The van der Waals surface area contributed by atoms with Gasteiger partial charge in [0.25, 0.3) is 5.91 Å². The second-order valence-electron chi connectivity index (χ2n) is 4.85. The first kappa shape index (κ1) is 13.3. The van der Waals surface area contributed by atoms with Gasteiger partial charge in [-0.1, -0.05) is 48.5 Å². The molecule has 0 bridgehead atoms. The average molecular weight is 277 g/mol. The molecule has 0 fully saturated rings. The van der Waals surface area contributed by atoms with Crippen LogP contribution in [0.5, 0.6) is 0 Å². The summed E-state index contributed by atoms with van der Waals surface area (Å²) in [6.45, 7) is 2.52. The molecular formula is C18H15NO2. The van der Waals surface area contributed by atoms with E-state index in [-0.39, 0.29) is 11.7 Å².